The van der Waals surface area contributed by atoms with Gasteiger partial charge in [0.1, 0.15) is 6.07 Å². The van der Waals surface area contributed by atoms with Gasteiger partial charge in [-0.25, -0.2) is 0 Å². The molecule has 40 heavy (non-hydrogen) atoms. The quantitative estimate of drug-likeness (QED) is 0.336. The van der Waals surface area contributed by atoms with Gasteiger partial charge in [0.2, 0.25) is 5.89 Å². The third-order valence-corrected chi connectivity index (χ3v) is 11.8. The van der Waals surface area contributed by atoms with Crippen LogP contribution >= 0.6 is 0 Å². The van der Waals surface area contributed by atoms with E-state index in [1.807, 2.05) is 26.0 Å². The normalized spacial score (nSPS) is 37.0. The second-order valence-electron chi connectivity index (χ2n) is 15.2. The zero-order valence-corrected chi connectivity index (χ0v) is 26.4. The fraction of sp³-hybridized carbons (Fsp3) is 0.735. The van der Waals surface area contributed by atoms with Gasteiger partial charge in [-0.1, -0.05) is 72.2 Å². The smallest absolute Gasteiger partial charge is 0.233 e. The maximum absolute atomic E-state index is 13.0. The minimum absolute atomic E-state index is 0.0105. The molecule has 3 aliphatic rings. The summed E-state index contributed by atoms with van der Waals surface area (Å²) in [5, 5.41) is 14.0. The molecule has 0 amide bonds. The van der Waals surface area contributed by atoms with Gasteiger partial charge in [0.25, 0.3) is 0 Å². The van der Waals surface area contributed by atoms with Crippen molar-refractivity contribution in [1.29, 1.82) is 5.26 Å². The predicted octanol–water partition coefficient (Wildman–Crippen LogP) is 7.88. The molecular weight excluding hydrogens is 498 g/mol. The van der Waals surface area contributed by atoms with E-state index in [1.54, 1.807) is 6.92 Å². The van der Waals surface area contributed by atoms with Gasteiger partial charge in [0.15, 0.2) is 17.4 Å². The van der Waals surface area contributed by atoms with Gasteiger partial charge in [-0.05, 0) is 93.0 Å². The number of allylic oxidation sites excluding steroid dienone is 4. The molecule has 2 saturated carbocycles. The number of fused-ring (bicyclic) bond motifs is 1. The van der Waals surface area contributed by atoms with Gasteiger partial charge in [-0.3, -0.25) is 9.59 Å². The van der Waals surface area contributed by atoms with Crippen molar-refractivity contribution in [1.82, 2.24) is 10.1 Å². The molecule has 1 aromatic heterocycles. The highest BCUT2D eigenvalue weighted by Crippen LogP contribution is 2.65. The van der Waals surface area contributed by atoms with Crippen LogP contribution < -0.4 is 0 Å². The lowest BCUT2D eigenvalue weighted by molar-refractivity contribution is -0.123. The molecule has 0 N–H and O–H groups in total. The Morgan fingerprint density at radius 1 is 1.20 bits per heavy atom. The van der Waals surface area contributed by atoms with E-state index < -0.39 is 5.41 Å². The molecule has 2 fully saturated rings. The maximum atomic E-state index is 13.0. The average Bonchev–Trinajstić information content (AvgIpc) is 3.29. The molecule has 6 heteroatoms. The van der Waals surface area contributed by atoms with Gasteiger partial charge in [-0.15, -0.1) is 0 Å². The fourth-order valence-electron chi connectivity index (χ4n) is 8.78. The van der Waals surface area contributed by atoms with Crippen LogP contribution in [0.1, 0.15) is 119 Å². The first-order valence-electron chi connectivity index (χ1n) is 15.1. The van der Waals surface area contributed by atoms with Crippen LogP contribution in [0.5, 0.6) is 0 Å². The predicted molar refractivity (Wildman–Crippen MR) is 156 cm³/mol. The molecule has 0 radical (unpaired) electrons. The number of ketones is 2. The highest BCUT2D eigenvalue weighted by atomic mass is 16.5. The number of hydrogen-bond acceptors (Lipinski definition) is 6. The summed E-state index contributed by atoms with van der Waals surface area (Å²) in [5.74, 6) is 1.61. The Kier molecular flexibility index (Phi) is 7.65. The van der Waals surface area contributed by atoms with Crippen LogP contribution in [0.2, 0.25) is 0 Å². The van der Waals surface area contributed by atoms with Gasteiger partial charge in [0.05, 0.1) is 11.0 Å². The Morgan fingerprint density at radius 3 is 2.42 bits per heavy atom. The molecule has 218 valence electrons. The van der Waals surface area contributed by atoms with Crippen LogP contribution in [-0.2, 0) is 15.0 Å². The number of nitrogens with zero attached hydrogens (tertiary/aromatic N) is 3. The lowest BCUT2D eigenvalue weighted by Crippen LogP contribution is -2.53. The zero-order valence-electron chi connectivity index (χ0n) is 26.4. The monoisotopic (exact) mass is 547 g/mol. The highest BCUT2D eigenvalue weighted by molar-refractivity contribution is 6.02. The van der Waals surface area contributed by atoms with Crippen molar-refractivity contribution in [2.75, 3.05) is 0 Å². The summed E-state index contributed by atoms with van der Waals surface area (Å²) >= 11 is 0. The number of carbonyl (C=O) groups excluding carboxylic acids is 2. The van der Waals surface area contributed by atoms with Crippen molar-refractivity contribution in [2.45, 2.75) is 120 Å². The summed E-state index contributed by atoms with van der Waals surface area (Å²) in [6, 6.07) is 2.16. The summed E-state index contributed by atoms with van der Waals surface area (Å²) in [6.07, 6.45) is 10.6. The first kappa shape index (κ1) is 30.4. The van der Waals surface area contributed by atoms with Crippen LogP contribution in [-0.4, -0.2) is 21.7 Å². The molecule has 0 aliphatic heterocycles. The number of nitriles is 1. The van der Waals surface area contributed by atoms with E-state index in [0.717, 1.165) is 56.4 Å². The number of carbonyl (C=O) groups is 2. The van der Waals surface area contributed by atoms with Crippen LogP contribution in [0.25, 0.3) is 0 Å². The minimum atomic E-state index is -0.530. The van der Waals surface area contributed by atoms with Crippen molar-refractivity contribution in [3.63, 3.8) is 0 Å². The van der Waals surface area contributed by atoms with Gasteiger partial charge >= 0.3 is 0 Å². The van der Waals surface area contributed by atoms with E-state index >= 15 is 0 Å². The Morgan fingerprint density at radius 2 is 1.88 bits per heavy atom. The van der Waals surface area contributed by atoms with E-state index in [-0.39, 0.29) is 50.6 Å². The Hall–Kier alpha value is -2.55. The van der Waals surface area contributed by atoms with E-state index in [9.17, 15) is 14.9 Å². The molecule has 3 aliphatic carbocycles. The van der Waals surface area contributed by atoms with Crippen molar-refractivity contribution in [3.05, 3.63) is 35.0 Å². The largest absolute Gasteiger partial charge is 0.339 e. The third-order valence-electron chi connectivity index (χ3n) is 11.8. The number of aromatic nitrogens is 2. The second-order valence-corrected chi connectivity index (χ2v) is 15.2. The summed E-state index contributed by atoms with van der Waals surface area (Å²) < 4.78 is 5.90. The number of Topliss-reactive ketones (excluding diaryl/α,β-unsaturated/α-hetero) is 1. The molecule has 1 heterocycles. The Bertz CT molecular complexity index is 1290. The van der Waals surface area contributed by atoms with E-state index in [1.165, 1.54) is 0 Å². The molecule has 0 saturated heterocycles. The van der Waals surface area contributed by atoms with Gasteiger partial charge in [0, 0.05) is 11.3 Å². The van der Waals surface area contributed by atoms with Crippen LogP contribution in [0, 0.1) is 57.7 Å². The topological polar surface area (TPSA) is 96.8 Å². The summed E-state index contributed by atoms with van der Waals surface area (Å²) in [4.78, 5) is 30.5. The second kappa shape index (κ2) is 10.1. The van der Waals surface area contributed by atoms with Crippen molar-refractivity contribution in [2.24, 2.45) is 39.4 Å². The van der Waals surface area contributed by atoms with E-state index in [4.69, 9.17) is 9.51 Å². The van der Waals surface area contributed by atoms with Crippen LogP contribution in [0.4, 0.5) is 0 Å². The Balaban J connectivity index is 1.76. The first-order chi connectivity index (χ1) is 18.4. The molecule has 6 atom stereocenters. The molecule has 6 nitrogen and oxygen atoms in total. The first-order valence-corrected chi connectivity index (χ1v) is 15.1. The third kappa shape index (κ3) is 4.82. The number of rotatable bonds is 6. The van der Waals surface area contributed by atoms with E-state index in [2.05, 4.69) is 59.7 Å². The number of hydrogen-bond donors (Lipinski definition) is 0. The molecule has 1 unspecified atom stereocenters. The lowest BCUT2D eigenvalue weighted by Gasteiger charge is -2.59. The zero-order chi connectivity index (χ0) is 29.9. The molecule has 0 bridgehead atoms. The average molecular weight is 548 g/mol. The lowest BCUT2D eigenvalue weighted by atomic mass is 9.44. The fourth-order valence-corrected chi connectivity index (χ4v) is 8.78. The van der Waals surface area contributed by atoms with Crippen LogP contribution in [0.15, 0.2) is 27.8 Å². The van der Waals surface area contributed by atoms with Gasteiger partial charge < -0.3 is 4.52 Å². The molecule has 4 rings (SSSR count). The van der Waals surface area contributed by atoms with Crippen molar-refractivity contribution >= 4 is 11.6 Å². The summed E-state index contributed by atoms with van der Waals surface area (Å²) in [6.45, 7) is 21.6. The maximum Gasteiger partial charge on any atom is 0.233 e. The summed E-state index contributed by atoms with van der Waals surface area (Å²) in [7, 11) is 0. The standard InChI is InChI=1S/C34H49N3O3/c1-21-18-30(5,6)13-15-34(21,29-36-24(4)37-40-29)16-14-31(7,8)33(10)12-11-26-23(3)28(39)25(20-35)19-32(26,9)27(33)17-22(2)38/h17,19,21,23,26H,11-16,18H2,1-10H3/b27-17-/t21?,23-,26-,32-,33+,34-/m0/s1. The number of aryl methyl sites for hydroxylation is 1. The summed E-state index contributed by atoms with van der Waals surface area (Å²) in [5.41, 5.74) is 0.387. The molecule has 0 aromatic carbocycles. The van der Waals surface area contributed by atoms with Crippen molar-refractivity contribution < 1.29 is 14.1 Å². The van der Waals surface area contributed by atoms with Crippen LogP contribution in [0.3, 0.4) is 0 Å². The van der Waals surface area contributed by atoms with E-state index in [0.29, 0.717) is 11.7 Å². The Labute approximate surface area is 241 Å². The minimum Gasteiger partial charge on any atom is -0.339 e. The van der Waals surface area contributed by atoms with Gasteiger partial charge in [-0.2, -0.15) is 10.2 Å². The highest BCUT2D eigenvalue weighted by Gasteiger charge is 2.59. The molecular formula is C34H49N3O3. The molecule has 1 aromatic rings. The molecule has 0 spiro atoms. The SMILES string of the molecule is CC(=O)/C=C1/[C@@]2(C)C=C(C#N)C(=O)[C@@H](C)[C@@H]2CC[C@@]1(C)C(C)(C)CC[C@@]1(c2nc(C)no2)CCC(C)(C)CC1C. The van der Waals surface area contributed by atoms with Crippen molar-refractivity contribution in [3.8, 4) is 6.07 Å².